The number of quaternary nitrogens is 1. The zero-order chi connectivity index (χ0) is 20.4. The lowest BCUT2D eigenvalue weighted by molar-refractivity contribution is -0.935. The fourth-order valence-corrected chi connectivity index (χ4v) is 4.86. The van der Waals surface area contributed by atoms with E-state index in [4.69, 9.17) is 9.47 Å². The van der Waals surface area contributed by atoms with Gasteiger partial charge in [0.05, 0.1) is 38.1 Å². The number of nitrogens with one attached hydrogen (secondary N) is 2. The molecule has 1 aliphatic rings. The molecule has 0 aliphatic carbocycles. The van der Waals surface area contributed by atoms with Gasteiger partial charge in [0.2, 0.25) is 0 Å². The average Bonchev–Trinajstić information content (AvgIpc) is 3.04. The van der Waals surface area contributed by atoms with Gasteiger partial charge in [-0.3, -0.25) is 9.59 Å². The number of likely N-dealkylation sites (tertiary alicyclic amines) is 1. The Bertz CT molecular complexity index is 943. The monoisotopic (exact) mass is 408 g/mol. The van der Waals surface area contributed by atoms with Crippen LogP contribution in [0, 0.1) is 12.8 Å². The number of carbonyl (C=O) groups is 2. The number of ether oxygens (including phenoxy) is 2. The topological polar surface area (TPSA) is 103 Å². The van der Waals surface area contributed by atoms with Crippen molar-refractivity contribution in [3.05, 3.63) is 26.6 Å². The summed E-state index contributed by atoms with van der Waals surface area (Å²) in [4.78, 5) is 46.3. The number of aromatic amines is 1. The highest BCUT2D eigenvalue weighted by molar-refractivity contribution is 7.20. The van der Waals surface area contributed by atoms with Gasteiger partial charge in [0.25, 0.3) is 5.56 Å². The lowest BCUT2D eigenvalue weighted by atomic mass is 9.96. The Balaban J connectivity index is 1.85. The van der Waals surface area contributed by atoms with Gasteiger partial charge in [-0.1, -0.05) is 0 Å². The van der Waals surface area contributed by atoms with Crippen LogP contribution in [-0.4, -0.2) is 48.7 Å². The molecule has 0 unspecified atom stereocenters. The Morgan fingerprint density at radius 1 is 1.36 bits per heavy atom. The molecule has 0 saturated carbocycles. The van der Waals surface area contributed by atoms with Crippen molar-refractivity contribution in [3.8, 4) is 0 Å². The fourth-order valence-electron chi connectivity index (χ4n) is 3.77. The van der Waals surface area contributed by atoms with E-state index < -0.39 is 5.97 Å². The molecule has 152 valence electrons. The summed E-state index contributed by atoms with van der Waals surface area (Å²) in [5.41, 5.74) is 0.373. The summed E-state index contributed by atoms with van der Waals surface area (Å²) in [7, 11) is 1.42. The Morgan fingerprint density at radius 3 is 2.64 bits per heavy atom. The van der Waals surface area contributed by atoms with Crippen LogP contribution in [0.3, 0.4) is 0 Å². The number of H-pyrrole nitrogens is 1. The molecule has 0 spiro atoms. The molecule has 9 heteroatoms. The smallest absolute Gasteiger partial charge is 0.348 e. The lowest BCUT2D eigenvalue weighted by Crippen LogP contribution is -3.13. The molecule has 2 aromatic rings. The number of hydrogen-bond donors (Lipinski definition) is 2. The van der Waals surface area contributed by atoms with Crippen LogP contribution in [0.5, 0.6) is 0 Å². The molecule has 0 bridgehead atoms. The molecule has 1 atom stereocenters. The minimum atomic E-state index is -0.424. The molecule has 8 nitrogen and oxygen atoms in total. The molecule has 0 radical (unpaired) electrons. The van der Waals surface area contributed by atoms with Gasteiger partial charge in [-0.05, 0) is 26.3 Å². The zero-order valence-corrected chi connectivity index (χ0v) is 17.4. The summed E-state index contributed by atoms with van der Waals surface area (Å²) in [6.45, 7) is 7.40. The Kier molecular flexibility index (Phi) is 6.14. The van der Waals surface area contributed by atoms with E-state index in [1.165, 1.54) is 23.3 Å². The number of hydrogen-bond acceptors (Lipinski definition) is 7. The van der Waals surface area contributed by atoms with Gasteiger partial charge in [-0.15, -0.1) is 11.3 Å². The largest absolute Gasteiger partial charge is 0.469 e. The van der Waals surface area contributed by atoms with Gasteiger partial charge < -0.3 is 19.4 Å². The maximum Gasteiger partial charge on any atom is 0.348 e. The van der Waals surface area contributed by atoms with Crippen molar-refractivity contribution in [2.24, 2.45) is 5.92 Å². The van der Waals surface area contributed by atoms with Gasteiger partial charge >= 0.3 is 11.9 Å². The predicted octanol–water partition coefficient (Wildman–Crippen LogP) is 0.999. The number of rotatable bonds is 5. The molecule has 3 rings (SSSR count). The molecule has 1 saturated heterocycles. The number of methoxy groups -OCH3 is 1. The summed E-state index contributed by atoms with van der Waals surface area (Å²) in [6.07, 6.45) is 1.51. The first-order chi connectivity index (χ1) is 13.4. The number of nitrogens with zero attached hydrogens (tertiary/aromatic N) is 1. The third-order valence-corrected chi connectivity index (χ3v) is 6.63. The van der Waals surface area contributed by atoms with Gasteiger partial charge in [0.1, 0.15) is 15.7 Å². The predicted molar refractivity (Wildman–Crippen MR) is 105 cm³/mol. The standard InChI is InChI=1S/C19H25N3O5S/c1-5-27-19(25)14-10(2)13-16(23)20-15(21-17(13)28-14)11(3)22-8-6-12(7-9-22)18(24)26-4/h11-12H,5-9H2,1-4H3,(H,20,21,23)/p+1/t11-/m0/s1. The van der Waals surface area contributed by atoms with Crippen molar-refractivity contribution >= 4 is 33.5 Å². The van der Waals surface area contributed by atoms with Crippen LogP contribution in [0.2, 0.25) is 0 Å². The maximum atomic E-state index is 12.7. The van der Waals surface area contributed by atoms with E-state index in [0.29, 0.717) is 26.5 Å². The van der Waals surface area contributed by atoms with E-state index >= 15 is 0 Å². The first-order valence-corrected chi connectivity index (χ1v) is 10.3. The van der Waals surface area contributed by atoms with E-state index in [1.807, 2.05) is 6.92 Å². The summed E-state index contributed by atoms with van der Waals surface area (Å²) < 4.78 is 9.92. The highest BCUT2D eigenvalue weighted by atomic mass is 32.1. The van der Waals surface area contributed by atoms with Gasteiger partial charge in [-0.25, -0.2) is 9.78 Å². The molecule has 2 N–H and O–H groups in total. The molecule has 1 fully saturated rings. The van der Waals surface area contributed by atoms with Crippen LogP contribution in [0.4, 0.5) is 0 Å². The van der Waals surface area contributed by atoms with E-state index in [-0.39, 0.29) is 30.1 Å². The summed E-state index contributed by atoms with van der Waals surface area (Å²) in [5, 5.41) is 0.448. The molecule has 1 aliphatic heterocycles. The van der Waals surface area contributed by atoms with Gasteiger partial charge in [-0.2, -0.15) is 0 Å². The number of fused-ring (bicyclic) bond motifs is 1. The number of thiophene rings is 1. The first-order valence-electron chi connectivity index (χ1n) is 9.50. The minimum absolute atomic E-state index is 0.0239. The molecular weight excluding hydrogens is 382 g/mol. The van der Waals surface area contributed by atoms with Crippen molar-refractivity contribution < 1.29 is 24.0 Å². The summed E-state index contributed by atoms with van der Waals surface area (Å²) in [6, 6.07) is -0.0239. The highest BCUT2D eigenvalue weighted by Crippen LogP contribution is 2.28. The van der Waals surface area contributed by atoms with Gasteiger partial charge in [0.15, 0.2) is 5.82 Å². The summed E-state index contributed by atoms with van der Waals surface area (Å²) in [5.74, 6) is -0.0316. The average molecular weight is 409 g/mol. The van der Waals surface area contributed by atoms with Crippen LogP contribution in [-0.2, 0) is 14.3 Å². The van der Waals surface area contributed by atoms with Gasteiger partial charge in [0, 0.05) is 12.8 Å². The SMILES string of the molecule is CCOC(=O)c1sc2nc([C@H](C)[NH+]3CCC(C(=O)OC)CC3)[nH]c(=O)c2c1C. The van der Waals surface area contributed by atoms with Crippen LogP contribution in [0.25, 0.3) is 10.2 Å². The molecule has 2 aromatic heterocycles. The third kappa shape index (κ3) is 3.81. The van der Waals surface area contributed by atoms with Crippen molar-refractivity contribution in [1.29, 1.82) is 0 Å². The van der Waals surface area contributed by atoms with Crippen LogP contribution < -0.4 is 10.5 Å². The van der Waals surface area contributed by atoms with E-state index in [1.54, 1.807) is 13.8 Å². The molecule has 0 amide bonds. The lowest BCUT2D eigenvalue weighted by Gasteiger charge is -2.31. The fraction of sp³-hybridized carbons (Fsp3) is 0.579. The van der Waals surface area contributed by atoms with Crippen molar-refractivity contribution in [2.75, 3.05) is 26.8 Å². The minimum Gasteiger partial charge on any atom is -0.469 e. The number of piperidine rings is 1. The molecule has 3 heterocycles. The normalized spacial score (nSPS) is 20.7. The van der Waals surface area contributed by atoms with Crippen LogP contribution >= 0.6 is 11.3 Å². The second kappa shape index (κ2) is 8.40. The van der Waals surface area contributed by atoms with E-state index in [9.17, 15) is 14.4 Å². The maximum absolute atomic E-state index is 12.7. The Hall–Kier alpha value is -2.26. The van der Waals surface area contributed by atoms with Crippen LogP contribution in [0.1, 0.15) is 53.8 Å². The van der Waals surface area contributed by atoms with E-state index in [2.05, 4.69) is 9.97 Å². The van der Waals surface area contributed by atoms with Crippen molar-refractivity contribution in [3.63, 3.8) is 0 Å². The third-order valence-electron chi connectivity index (χ3n) is 5.46. The summed E-state index contributed by atoms with van der Waals surface area (Å²) >= 11 is 1.20. The Morgan fingerprint density at radius 2 is 2.04 bits per heavy atom. The zero-order valence-electron chi connectivity index (χ0n) is 16.6. The number of esters is 2. The Labute approximate surface area is 166 Å². The molecule has 28 heavy (non-hydrogen) atoms. The van der Waals surface area contributed by atoms with Crippen molar-refractivity contribution in [2.45, 2.75) is 39.7 Å². The second-order valence-corrected chi connectivity index (χ2v) is 8.08. The van der Waals surface area contributed by atoms with E-state index in [0.717, 1.165) is 25.9 Å². The molecular formula is C19H26N3O5S+. The second-order valence-electron chi connectivity index (χ2n) is 7.09. The highest BCUT2D eigenvalue weighted by Gasteiger charge is 2.32. The number of aromatic nitrogens is 2. The molecule has 0 aromatic carbocycles. The first kappa shape index (κ1) is 20.5. The van der Waals surface area contributed by atoms with Crippen molar-refractivity contribution in [1.82, 2.24) is 9.97 Å². The van der Waals surface area contributed by atoms with Crippen LogP contribution in [0.15, 0.2) is 4.79 Å². The number of aryl methyl sites for hydroxylation is 1. The quantitative estimate of drug-likeness (QED) is 0.716. The number of carbonyl (C=O) groups excluding carboxylic acids is 2.